The molecule has 0 heterocycles. The van der Waals surface area contributed by atoms with Crippen LogP contribution in [0.3, 0.4) is 0 Å². The van der Waals surface area contributed by atoms with E-state index in [-0.39, 0.29) is 12.5 Å². The molecule has 7 nitrogen and oxygen atoms in total. The van der Waals surface area contributed by atoms with Crippen LogP contribution in [0.4, 0.5) is 5.69 Å². The van der Waals surface area contributed by atoms with E-state index in [1.807, 2.05) is 58.9 Å². The second-order valence-corrected chi connectivity index (χ2v) is 12.4. The van der Waals surface area contributed by atoms with Crippen molar-refractivity contribution in [2.45, 2.75) is 59.7 Å². The summed E-state index contributed by atoms with van der Waals surface area (Å²) in [6, 6.07) is 12.0. The third kappa shape index (κ3) is 7.84. The number of carbonyl (C=O) groups is 2. The van der Waals surface area contributed by atoms with Crippen LogP contribution in [0.2, 0.25) is 0 Å². The van der Waals surface area contributed by atoms with Gasteiger partial charge in [0.15, 0.2) is 0 Å². The summed E-state index contributed by atoms with van der Waals surface area (Å²) in [6.07, 6.45) is 1.07. The van der Waals surface area contributed by atoms with Gasteiger partial charge in [-0.25, -0.2) is 8.42 Å². The molecule has 0 saturated heterocycles. The van der Waals surface area contributed by atoms with Crippen LogP contribution >= 0.6 is 15.9 Å². The topological polar surface area (TPSA) is 86.8 Å². The van der Waals surface area contributed by atoms with Crippen molar-refractivity contribution in [2.24, 2.45) is 0 Å². The molecule has 2 amide bonds. The number of rotatable bonds is 8. The van der Waals surface area contributed by atoms with E-state index in [9.17, 15) is 18.0 Å². The first-order chi connectivity index (χ1) is 15.6. The molecule has 34 heavy (non-hydrogen) atoms. The smallest absolute Gasteiger partial charge is 0.244 e. The average Bonchev–Trinajstić information content (AvgIpc) is 2.71. The highest BCUT2D eigenvalue weighted by Crippen LogP contribution is 2.25. The molecular formula is C25H34BrN3O4S. The van der Waals surface area contributed by atoms with Gasteiger partial charge in [0.1, 0.15) is 12.6 Å². The standard InChI is InChI=1S/C25H34BrN3O4S/c1-17-8-10-20(11-9-17)15-28(19(3)24(31)27-25(4,5)6)23(30)16-29(34(7,32)33)21-12-13-22(26)18(2)14-21/h8-14,19H,15-16H2,1-7H3,(H,27,31). The van der Waals surface area contributed by atoms with Crippen molar-refractivity contribution in [3.8, 4) is 0 Å². The number of amides is 2. The molecule has 0 spiro atoms. The van der Waals surface area contributed by atoms with E-state index in [0.29, 0.717) is 5.69 Å². The second kappa shape index (κ2) is 10.9. The molecule has 0 bridgehead atoms. The van der Waals surface area contributed by atoms with Crippen LogP contribution in [0.25, 0.3) is 0 Å². The van der Waals surface area contributed by atoms with E-state index in [2.05, 4.69) is 21.2 Å². The number of carbonyl (C=O) groups excluding carboxylic acids is 2. The Morgan fingerprint density at radius 1 is 1.06 bits per heavy atom. The summed E-state index contributed by atoms with van der Waals surface area (Å²) >= 11 is 3.42. The average molecular weight is 553 g/mol. The summed E-state index contributed by atoms with van der Waals surface area (Å²) in [5.74, 6) is -0.776. The van der Waals surface area contributed by atoms with Gasteiger partial charge in [0.05, 0.1) is 11.9 Å². The first-order valence-corrected chi connectivity index (χ1v) is 13.6. The fraction of sp³-hybridized carbons (Fsp3) is 0.440. The largest absolute Gasteiger partial charge is 0.350 e. The minimum atomic E-state index is -3.76. The number of aryl methyl sites for hydroxylation is 2. The van der Waals surface area contributed by atoms with E-state index < -0.39 is 34.1 Å². The second-order valence-electron chi connectivity index (χ2n) is 9.63. The molecule has 2 aromatic rings. The van der Waals surface area contributed by atoms with Crippen molar-refractivity contribution in [1.29, 1.82) is 0 Å². The predicted molar refractivity (Wildman–Crippen MR) is 140 cm³/mol. The van der Waals surface area contributed by atoms with Crippen molar-refractivity contribution < 1.29 is 18.0 Å². The predicted octanol–water partition coefficient (Wildman–Crippen LogP) is 4.16. The van der Waals surface area contributed by atoms with Crippen LogP contribution in [0.5, 0.6) is 0 Å². The van der Waals surface area contributed by atoms with Gasteiger partial charge >= 0.3 is 0 Å². The van der Waals surface area contributed by atoms with Gasteiger partial charge in [0, 0.05) is 16.6 Å². The number of anilines is 1. The van der Waals surface area contributed by atoms with Crippen LogP contribution in [0, 0.1) is 13.8 Å². The van der Waals surface area contributed by atoms with Crippen molar-refractivity contribution in [2.75, 3.05) is 17.1 Å². The monoisotopic (exact) mass is 551 g/mol. The Balaban J connectivity index is 2.41. The maximum atomic E-state index is 13.5. The van der Waals surface area contributed by atoms with E-state index in [0.717, 1.165) is 31.7 Å². The number of nitrogens with zero attached hydrogens (tertiary/aromatic N) is 2. The molecule has 9 heteroatoms. The quantitative estimate of drug-likeness (QED) is 0.533. The van der Waals surface area contributed by atoms with Crippen LogP contribution in [-0.4, -0.2) is 49.5 Å². The van der Waals surface area contributed by atoms with Crippen molar-refractivity contribution in [1.82, 2.24) is 10.2 Å². The van der Waals surface area contributed by atoms with Crippen LogP contribution in [-0.2, 0) is 26.2 Å². The van der Waals surface area contributed by atoms with Gasteiger partial charge < -0.3 is 10.2 Å². The molecule has 186 valence electrons. The van der Waals surface area contributed by atoms with Crippen LogP contribution in [0.15, 0.2) is 46.9 Å². The van der Waals surface area contributed by atoms with E-state index in [1.54, 1.807) is 25.1 Å². The van der Waals surface area contributed by atoms with Gasteiger partial charge in [-0.3, -0.25) is 13.9 Å². The molecule has 2 aromatic carbocycles. The molecule has 0 aliphatic rings. The van der Waals surface area contributed by atoms with Crippen molar-refractivity contribution in [3.05, 3.63) is 63.6 Å². The minimum absolute atomic E-state index is 0.175. The SMILES string of the molecule is Cc1ccc(CN(C(=O)CN(c2ccc(Br)c(C)c2)S(C)(=O)=O)C(C)C(=O)NC(C)(C)C)cc1. The Kier molecular flexibility index (Phi) is 8.93. The summed E-state index contributed by atoms with van der Waals surface area (Å²) in [5, 5.41) is 2.91. The Morgan fingerprint density at radius 3 is 2.15 bits per heavy atom. The summed E-state index contributed by atoms with van der Waals surface area (Å²) in [6.45, 7) is 10.8. The number of hydrogen-bond donors (Lipinski definition) is 1. The highest BCUT2D eigenvalue weighted by atomic mass is 79.9. The van der Waals surface area contributed by atoms with E-state index in [1.165, 1.54) is 4.90 Å². The first kappa shape index (κ1) is 27.9. The van der Waals surface area contributed by atoms with Crippen LogP contribution < -0.4 is 9.62 Å². The maximum Gasteiger partial charge on any atom is 0.244 e. The molecule has 0 fully saturated rings. The lowest BCUT2D eigenvalue weighted by atomic mass is 10.1. The first-order valence-electron chi connectivity index (χ1n) is 11.0. The molecule has 0 aromatic heterocycles. The summed E-state index contributed by atoms with van der Waals surface area (Å²) in [5.41, 5.74) is 2.68. The zero-order valence-corrected chi connectivity index (χ0v) is 23.2. The lowest BCUT2D eigenvalue weighted by molar-refractivity contribution is -0.140. The van der Waals surface area contributed by atoms with Gasteiger partial charge in [-0.05, 0) is 70.9 Å². The Labute approximate surface area is 211 Å². The van der Waals surface area contributed by atoms with E-state index in [4.69, 9.17) is 0 Å². The molecule has 1 N–H and O–H groups in total. The Bertz CT molecular complexity index is 1140. The highest BCUT2D eigenvalue weighted by molar-refractivity contribution is 9.10. The number of halogens is 1. The third-order valence-electron chi connectivity index (χ3n) is 5.25. The number of benzene rings is 2. The van der Waals surface area contributed by atoms with Crippen molar-refractivity contribution >= 4 is 43.5 Å². The van der Waals surface area contributed by atoms with Gasteiger partial charge in [0.2, 0.25) is 21.8 Å². The fourth-order valence-electron chi connectivity index (χ4n) is 3.34. The van der Waals surface area contributed by atoms with Crippen LogP contribution in [0.1, 0.15) is 44.4 Å². The number of hydrogen-bond acceptors (Lipinski definition) is 4. The summed E-state index contributed by atoms with van der Waals surface area (Å²) < 4.78 is 27.2. The summed E-state index contributed by atoms with van der Waals surface area (Å²) in [7, 11) is -3.76. The Hall–Kier alpha value is -2.39. The molecule has 0 saturated carbocycles. The molecule has 0 aliphatic heterocycles. The molecule has 2 rings (SSSR count). The fourth-order valence-corrected chi connectivity index (χ4v) is 4.43. The molecule has 0 aliphatic carbocycles. The summed E-state index contributed by atoms with van der Waals surface area (Å²) in [4.78, 5) is 27.9. The Morgan fingerprint density at radius 2 is 1.65 bits per heavy atom. The van der Waals surface area contributed by atoms with Gasteiger partial charge in [-0.1, -0.05) is 45.8 Å². The van der Waals surface area contributed by atoms with E-state index >= 15 is 0 Å². The third-order valence-corrected chi connectivity index (χ3v) is 7.28. The maximum absolute atomic E-state index is 13.5. The molecule has 1 unspecified atom stereocenters. The number of sulfonamides is 1. The normalized spacial score (nSPS) is 12.7. The lowest BCUT2D eigenvalue weighted by Gasteiger charge is -2.33. The lowest BCUT2D eigenvalue weighted by Crippen LogP contribution is -2.54. The number of nitrogens with one attached hydrogen (secondary N) is 1. The van der Waals surface area contributed by atoms with Gasteiger partial charge in [-0.2, -0.15) is 0 Å². The highest BCUT2D eigenvalue weighted by Gasteiger charge is 2.31. The van der Waals surface area contributed by atoms with Gasteiger partial charge in [-0.15, -0.1) is 0 Å². The van der Waals surface area contributed by atoms with Crippen molar-refractivity contribution in [3.63, 3.8) is 0 Å². The molecule has 0 radical (unpaired) electrons. The minimum Gasteiger partial charge on any atom is -0.350 e. The zero-order chi connectivity index (χ0) is 25.8. The van der Waals surface area contributed by atoms with Gasteiger partial charge in [0.25, 0.3) is 0 Å². The molecular weight excluding hydrogens is 518 g/mol. The zero-order valence-electron chi connectivity index (χ0n) is 20.8. The molecule has 1 atom stereocenters.